The van der Waals surface area contributed by atoms with E-state index < -0.39 is 0 Å². The summed E-state index contributed by atoms with van der Waals surface area (Å²) in [7, 11) is 0. The van der Waals surface area contributed by atoms with Crippen LogP contribution in [0.25, 0.3) is 11.1 Å². The Morgan fingerprint density at radius 2 is 1.55 bits per heavy atom. The lowest BCUT2D eigenvalue weighted by Crippen LogP contribution is -2.24. The molecule has 0 aliphatic heterocycles. The first kappa shape index (κ1) is 15.1. The predicted molar refractivity (Wildman–Crippen MR) is 99.3 cm³/mol. The quantitative estimate of drug-likeness (QED) is 0.548. The van der Waals surface area contributed by atoms with Crippen LogP contribution in [0, 0.1) is 0 Å². The minimum Gasteiger partial charge on any atom is -0.0991 e. The monoisotopic (exact) mass is 350 g/mol. The normalized spacial score (nSPS) is 14.6. The summed E-state index contributed by atoms with van der Waals surface area (Å²) < 4.78 is 1.03. The number of rotatable bonds is 5. The van der Waals surface area contributed by atoms with Crippen LogP contribution in [0.1, 0.15) is 24.0 Å². The third-order valence-electron chi connectivity index (χ3n) is 4.41. The standard InChI is InChI=1S/C21H19Br/c1-3-4-9-14-21(15-16(2)22)19-12-7-5-10-17(19)18-11-6-8-13-20(18)21/h3-13H,1-2,14-15H2/b9-4+. The molecule has 0 amide bonds. The summed E-state index contributed by atoms with van der Waals surface area (Å²) in [6, 6.07) is 17.5. The molecule has 0 aromatic heterocycles. The first-order valence-electron chi connectivity index (χ1n) is 7.49. The SMILES string of the molecule is C=C/C=C/CC1(CC(=C)Br)c2ccccc2-c2ccccc21. The highest BCUT2D eigenvalue weighted by molar-refractivity contribution is 9.11. The molecular formula is C21H19Br. The maximum atomic E-state index is 4.11. The fourth-order valence-electron chi connectivity index (χ4n) is 3.59. The molecule has 0 radical (unpaired) electrons. The zero-order valence-electron chi connectivity index (χ0n) is 12.6. The zero-order chi connectivity index (χ0) is 15.6. The highest BCUT2D eigenvalue weighted by Crippen LogP contribution is 2.54. The van der Waals surface area contributed by atoms with Crippen LogP contribution >= 0.6 is 15.9 Å². The molecule has 1 aliphatic carbocycles. The van der Waals surface area contributed by atoms with E-state index in [1.165, 1.54) is 22.3 Å². The fourth-order valence-corrected chi connectivity index (χ4v) is 4.07. The minimum atomic E-state index is -0.0483. The van der Waals surface area contributed by atoms with E-state index in [0.717, 1.165) is 17.3 Å². The van der Waals surface area contributed by atoms with Gasteiger partial charge in [0.2, 0.25) is 0 Å². The summed E-state index contributed by atoms with van der Waals surface area (Å²) in [6.07, 6.45) is 7.91. The van der Waals surface area contributed by atoms with Crippen molar-refractivity contribution >= 4 is 15.9 Å². The van der Waals surface area contributed by atoms with Crippen LogP contribution in [0.2, 0.25) is 0 Å². The van der Waals surface area contributed by atoms with E-state index in [1.807, 2.05) is 12.2 Å². The van der Waals surface area contributed by atoms with Gasteiger partial charge in [-0.25, -0.2) is 0 Å². The molecule has 22 heavy (non-hydrogen) atoms. The van der Waals surface area contributed by atoms with E-state index in [0.29, 0.717) is 0 Å². The lowest BCUT2D eigenvalue weighted by Gasteiger charge is -2.31. The van der Waals surface area contributed by atoms with Gasteiger partial charge >= 0.3 is 0 Å². The van der Waals surface area contributed by atoms with Crippen molar-refractivity contribution in [1.29, 1.82) is 0 Å². The van der Waals surface area contributed by atoms with Crippen LogP contribution in [0.4, 0.5) is 0 Å². The van der Waals surface area contributed by atoms with Crippen LogP contribution in [-0.2, 0) is 5.41 Å². The predicted octanol–water partition coefficient (Wildman–Crippen LogP) is 6.38. The first-order chi connectivity index (χ1) is 10.7. The molecule has 1 heteroatoms. The number of fused-ring (bicyclic) bond motifs is 3. The Kier molecular flexibility index (Phi) is 4.17. The van der Waals surface area contributed by atoms with E-state index in [-0.39, 0.29) is 5.41 Å². The first-order valence-corrected chi connectivity index (χ1v) is 8.28. The van der Waals surface area contributed by atoms with Crippen LogP contribution in [-0.4, -0.2) is 0 Å². The van der Waals surface area contributed by atoms with Gasteiger partial charge in [0.1, 0.15) is 0 Å². The molecule has 0 spiro atoms. The smallest absolute Gasteiger partial charge is 0.0294 e. The Morgan fingerprint density at radius 1 is 1.00 bits per heavy atom. The summed E-state index contributed by atoms with van der Waals surface area (Å²) in [6.45, 7) is 7.89. The minimum absolute atomic E-state index is 0.0483. The lowest BCUT2D eigenvalue weighted by atomic mass is 9.73. The highest BCUT2D eigenvalue weighted by Gasteiger charge is 2.41. The van der Waals surface area contributed by atoms with Crippen LogP contribution in [0.3, 0.4) is 0 Å². The van der Waals surface area contributed by atoms with E-state index >= 15 is 0 Å². The van der Waals surface area contributed by atoms with Crippen molar-refractivity contribution in [2.24, 2.45) is 0 Å². The Morgan fingerprint density at radius 3 is 2.05 bits per heavy atom. The largest absolute Gasteiger partial charge is 0.0991 e. The molecule has 2 aromatic rings. The molecule has 0 saturated heterocycles. The molecule has 0 heterocycles. The number of benzene rings is 2. The molecule has 0 saturated carbocycles. The number of allylic oxidation sites excluding steroid dienone is 4. The maximum absolute atomic E-state index is 4.11. The summed E-state index contributed by atoms with van der Waals surface area (Å²) in [5, 5.41) is 0. The van der Waals surface area contributed by atoms with Gasteiger partial charge in [0.15, 0.2) is 0 Å². The molecule has 0 atom stereocenters. The van der Waals surface area contributed by atoms with Crippen molar-refractivity contribution < 1.29 is 0 Å². The van der Waals surface area contributed by atoms with Crippen molar-refractivity contribution in [3.63, 3.8) is 0 Å². The molecule has 0 nitrogen and oxygen atoms in total. The second-order valence-electron chi connectivity index (χ2n) is 5.74. The zero-order valence-corrected chi connectivity index (χ0v) is 14.1. The average Bonchev–Trinajstić information content (AvgIpc) is 2.79. The van der Waals surface area contributed by atoms with Crippen LogP contribution in [0.15, 0.2) is 84.4 Å². The second-order valence-corrected chi connectivity index (χ2v) is 6.86. The van der Waals surface area contributed by atoms with Gasteiger partial charge in [-0.1, -0.05) is 95.8 Å². The van der Waals surface area contributed by atoms with Crippen molar-refractivity contribution in [2.75, 3.05) is 0 Å². The third kappa shape index (κ3) is 2.40. The van der Waals surface area contributed by atoms with Crippen molar-refractivity contribution in [2.45, 2.75) is 18.3 Å². The Hall–Kier alpha value is -1.86. The van der Waals surface area contributed by atoms with Crippen molar-refractivity contribution in [1.82, 2.24) is 0 Å². The van der Waals surface area contributed by atoms with Crippen molar-refractivity contribution in [3.05, 3.63) is 95.5 Å². The molecular weight excluding hydrogens is 332 g/mol. The molecule has 0 N–H and O–H groups in total. The molecule has 0 bridgehead atoms. The van der Waals surface area contributed by atoms with Crippen LogP contribution in [0.5, 0.6) is 0 Å². The number of halogens is 1. The van der Waals surface area contributed by atoms with E-state index in [1.54, 1.807) is 0 Å². The Labute approximate surface area is 141 Å². The van der Waals surface area contributed by atoms with Gasteiger partial charge in [0.05, 0.1) is 0 Å². The van der Waals surface area contributed by atoms with Gasteiger partial charge in [-0.3, -0.25) is 0 Å². The molecule has 0 fully saturated rings. The summed E-state index contributed by atoms with van der Waals surface area (Å²) >= 11 is 3.59. The summed E-state index contributed by atoms with van der Waals surface area (Å²) in [5.41, 5.74) is 5.43. The van der Waals surface area contributed by atoms with Gasteiger partial charge in [-0.05, 0) is 39.6 Å². The molecule has 0 unspecified atom stereocenters. The van der Waals surface area contributed by atoms with Gasteiger partial charge in [0.25, 0.3) is 0 Å². The second kappa shape index (κ2) is 6.10. The van der Waals surface area contributed by atoms with E-state index in [9.17, 15) is 0 Å². The fraction of sp³-hybridized carbons (Fsp3) is 0.143. The molecule has 3 rings (SSSR count). The van der Waals surface area contributed by atoms with Gasteiger partial charge in [-0.15, -0.1) is 0 Å². The highest BCUT2D eigenvalue weighted by atomic mass is 79.9. The number of hydrogen-bond acceptors (Lipinski definition) is 0. The Balaban J connectivity index is 2.25. The van der Waals surface area contributed by atoms with Gasteiger partial charge in [-0.2, -0.15) is 0 Å². The Bertz CT molecular complexity index is 707. The number of hydrogen-bond donors (Lipinski definition) is 0. The third-order valence-corrected chi connectivity index (χ3v) is 4.69. The van der Waals surface area contributed by atoms with Gasteiger partial charge < -0.3 is 0 Å². The van der Waals surface area contributed by atoms with Gasteiger partial charge in [0, 0.05) is 5.41 Å². The topological polar surface area (TPSA) is 0 Å². The molecule has 2 aromatic carbocycles. The summed E-state index contributed by atoms with van der Waals surface area (Å²) in [5.74, 6) is 0. The van der Waals surface area contributed by atoms with Crippen LogP contribution < -0.4 is 0 Å². The average molecular weight is 351 g/mol. The summed E-state index contributed by atoms with van der Waals surface area (Å²) in [4.78, 5) is 0. The molecule has 110 valence electrons. The van der Waals surface area contributed by atoms with E-state index in [2.05, 4.69) is 83.7 Å². The lowest BCUT2D eigenvalue weighted by molar-refractivity contribution is 0.540. The molecule has 1 aliphatic rings. The van der Waals surface area contributed by atoms with Crippen molar-refractivity contribution in [3.8, 4) is 11.1 Å². The van der Waals surface area contributed by atoms with E-state index in [4.69, 9.17) is 0 Å². The maximum Gasteiger partial charge on any atom is 0.0294 e.